The van der Waals surface area contributed by atoms with Crippen molar-refractivity contribution in [2.24, 2.45) is 0 Å². The van der Waals surface area contributed by atoms with Crippen molar-refractivity contribution < 1.29 is 18.1 Å². The molecule has 3 rings (SSSR count). The van der Waals surface area contributed by atoms with Gasteiger partial charge in [0.05, 0.1) is 5.92 Å². The van der Waals surface area contributed by atoms with Gasteiger partial charge in [0, 0.05) is 36.6 Å². The van der Waals surface area contributed by atoms with Gasteiger partial charge in [0.1, 0.15) is 11.6 Å². The normalized spacial score (nSPS) is 18.5. The second-order valence-corrected chi connectivity index (χ2v) is 7.12. The number of hydrogen-bond acceptors (Lipinski definition) is 4. The van der Waals surface area contributed by atoms with E-state index in [1.54, 1.807) is 0 Å². The number of benzene rings is 1. The van der Waals surface area contributed by atoms with Crippen molar-refractivity contribution >= 4 is 5.91 Å². The minimum Gasteiger partial charge on any atom is -0.339 e. The molecular formula is C17H19F2N3O2. The van der Waals surface area contributed by atoms with Crippen LogP contribution < -0.4 is 0 Å². The van der Waals surface area contributed by atoms with Gasteiger partial charge in [0.15, 0.2) is 5.82 Å². The summed E-state index contributed by atoms with van der Waals surface area (Å²) in [5.74, 6) is -0.589. The predicted octanol–water partition coefficient (Wildman–Crippen LogP) is 3.16. The van der Waals surface area contributed by atoms with E-state index in [9.17, 15) is 13.6 Å². The number of halogens is 2. The van der Waals surface area contributed by atoms with Crippen molar-refractivity contribution in [1.29, 1.82) is 0 Å². The number of carbonyl (C=O) groups excluding carboxylic acids is 1. The largest absolute Gasteiger partial charge is 0.339 e. The Labute approximate surface area is 138 Å². The summed E-state index contributed by atoms with van der Waals surface area (Å²) >= 11 is 0. The van der Waals surface area contributed by atoms with Crippen LogP contribution in [0.2, 0.25) is 0 Å². The number of aromatic nitrogens is 2. The standard InChI is InChI=1S/C17H19F2N3O2/c1-17(2,3)16-20-15(24-21-16)11-6-14(23)22(9-11)8-10-4-5-12(18)7-13(10)19/h4-5,7,11H,6,8-9H2,1-3H3. The van der Waals surface area contributed by atoms with Crippen LogP contribution in [-0.4, -0.2) is 27.5 Å². The number of likely N-dealkylation sites (tertiary alicyclic amines) is 1. The van der Waals surface area contributed by atoms with Crippen molar-refractivity contribution in [3.05, 3.63) is 47.1 Å². The smallest absolute Gasteiger partial charge is 0.232 e. The van der Waals surface area contributed by atoms with E-state index in [0.29, 0.717) is 18.3 Å². The quantitative estimate of drug-likeness (QED) is 0.864. The molecule has 1 fully saturated rings. The first-order chi connectivity index (χ1) is 11.2. The van der Waals surface area contributed by atoms with Crippen molar-refractivity contribution in [2.45, 2.75) is 45.1 Å². The van der Waals surface area contributed by atoms with E-state index in [-0.39, 0.29) is 35.8 Å². The average Bonchev–Trinajstić information content (AvgIpc) is 3.09. The van der Waals surface area contributed by atoms with Crippen LogP contribution in [0, 0.1) is 11.6 Å². The summed E-state index contributed by atoms with van der Waals surface area (Å²) < 4.78 is 32.0. The van der Waals surface area contributed by atoms with E-state index < -0.39 is 11.6 Å². The summed E-state index contributed by atoms with van der Waals surface area (Å²) in [6.07, 6.45) is 0.245. The molecule has 0 bridgehead atoms. The van der Waals surface area contributed by atoms with Gasteiger partial charge in [-0.15, -0.1) is 0 Å². The Bertz CT molecular complexity index is 767. The number of amides is 1. The Morgan fingerprint density at radius 2 is 2.08 bits per heavy atom. The Morgan fingerprint density at radius 1 is 1.33 bits per heavy atom. The molecule has 128 valence electrons. The van der Waals surface area contributed by atoms with Gasteiger partial charge in [-0.1, -0.05) is 32.0 Å². The van der Waals surface area contributed by atoms with Crippen LogP contribution in [0.25, 0.3) is 0 Å². The molecule has 1 aromatic heterocycles. The van der Waals surface area contributed by atoms with E-state index in [0.717, 1.165) is 6.07 Å². The molecule has 2 aromatic rings. The van der Waals surface area contributed by atoms with Crippen LogP contribution in [0.3, 0.4) is 0 Å². The first-order valence-corrected chi connectivity index (χ1v) is 7.80. The van der Waals surface area contributed by atoms with E-state index in [4.69, 9.17) is 4.52 Å². The maximum Gasteiger partial charge on any atom is 0.232 e. The minimum atomic E-state index is -0.654. The van der Waals surface area contributed by atoms with Crippen molar-refractivity contribution in [3.63, 3.8) is 0 Å². The van der Waals surface area contributed by atoms with E-state index in [1.165, 1.54) is 17.0 Å². The Kier molecular flexibility index (Phi) is 4.11. The molecule has 0 radical (unpaired) electrons. The molecule has 1 amide bonds. The molecule has 1 aromatic carbocycles. The molecule has 1 atom stereocenters. The molecule has 0 saturated carbocycles. The van der Waals surface area contributed by atoms with E-state index in [2.05, 4.69) is 10.1 Å². The van der Waals surface area contributed by atoms with Crippen LogP contribution in [0.5, 0.6) is 0 Å². The zero-order valence-electron chi connectivity index (χ0n) is 13.8. The summed E-state index contributed by atoms with van der Waals surface area (Å²) in [5.41, 5.74) is 0.0488. The van der Waals surface area contributed by atoms with Gasteiger partial charge < -0.3 is 9.42 Å². The lowest BCUT2D eigenvalue weighted by molar-refractivity contribution is -0.128. The lowest BCUT2D eigenvalue weighted by Crippen LogP contribution is -2.25. The van der Waals surface area contributed by atoms with Crippen LogP contribution in [-0.2, 0) is 16.8 Å². The average molecular weight is 335 g/mol. The minimum absolute atomic E-state index is 0.0989. The Hall–Kier alpha value is -2.31. The fourth-order valence-electron chi connectivity index (χ4n) is 2.65. The summed E-state index contributed by atoms with van der Waals surface area (Å²) in [7, 11) is 0. The van der Waals surface area contributed by atoms with Gasteiger partial charge in [-0.25, -0.2) is 8.78 Å². The van der Waals surface area contributed by atoms with Crippen LogP contribution >= 0.6 is 0 Å². The van der Waals surface area contributed by atoms with E-state index in [1.807, 2.05) is 20.8 Å². The van der Waals surface area contributed by atoms with Crippen molar-refractivity contribution in [1.82, 2.24) is 15.0 Å². The lowest BCUT2D eigenvalue weighted by Gasteiger charge is -2.16. The van der Waals surface area contributed by atoms with Crippen molar-refractivity contribution in [2.75, 3.05) is 6.54 Å². The molecule has 1 aliphatic rings. The molecule has 0 aliphatic carbocycles. The number of nitrogens with zero attached hydrogens (tertiary/aromatic N) is 3. The van der Waals surface area contributed by atoms with Crippen LogP contribution in [0.4, 0.5) is 8.78 Å². The zero-order valence-corrected chi connectivity index (χ0v) is 13.8. The number of rotatable bonds is 3. The molecule has 0 spiro atoms. The SMILES string of the molecule is CC(C)(C)c1noc(C2CC(=O)N(Cc3ccc(F)cc3F)C2)n1. The fraction of sp³-hybridized carbons (Fsp3) is 0.471. The van der Waals surface area contributed by atoms with Gasteiger partial charge in [-0.3, -0.25) is 4.79 Å². The van der Waals surface area contributed by atoms with Gasteiger partial charge in [0.25, 0.3) is 0 Å². The highest BCUT2D eigenvalue weighted by atomic mass is 19.1. The topological polar surface area (TPSA) is 59.2 Å². The maximum atomic E-state index is 13.8. The summed E-state index contributed by atoms with van der Waals surface area (Å²) in [6.45, 7) is 6.41. The predicted molar refractivity (Wildman–Crippen MR) is 82.1 cm³/mol. The van der Waals surface area contributed by atoms with Crippen molar-refractivity contribution in [3.8, 4) is 0 Å². The van der Waals surface area contributed by atoms with Gasteiger partial charge in [-0.2, -0.15) is 4.98 Å². The fourth-order valence-corrected chi connectivity index (χ4v) is 2.65. The van der Waals surface area contributed by atoms with Gasteiger partial charge in [0.2, 0.25) is 11.8 Å². The molecular weight excluding hydrogens is 316 g/mol. The Balaban J connectivity index is 1.73. The molecule has 7 heteroatoms. The van der Waals surface area contributed by atoms with Gasteiger partial charge in [-0.05, 0) is 6.07 Å². The Morgan fingerprint density at radius 3 is 2.71 bits per heavy atom. The zero-order chi connectivity index (χ0) is 17.5. The highest BCUT2D eigenvalue weighted by molar-refractivity contribution is 5.79. The third-order valence-electron chi connectivity index (χ3n) is 4.05. The first kappa shape index (κ1) is 16.5. The molecule has 0 N–H and O–H groups in total. The number of carbonyl (C=O) groups is 1. The second kappa shape index (κ2) is 5.96. The maximum absolute atomic E-state index is 13.8. The second-order valence-electron chi connectivity index (χ2n) is 7.12. The number of hydrogen-bond donors (Lipinski definition) is 0. The summed E-state index contributed by atoms with van der Waals surface area (Å²) in [5, 5.41) is 3.97. The lowest BCUT2D eigenvalue weighted by atomic mass is 9.96. The highest BCUT2D eigenvalue weighted by Gasteiger charge is 2.35. The summed E-state index contributed by atoms with van der Waals surface area (Å²) in [4.78, 5) is 18.1. The molecule has 1 saturated heterocycles. The molecule has 24 heavy (non-hydrogen) atoms. The molecule has 5 nitrogen and oxygen atoms in total. The summed E-state index contributed by atoms with van der Waals surface area (Å²) in [6, 6.07) is 3.36. The monoisotopic (exact) mass is 335 g/mol. The van der Waals surface area contributed by atoms with Gasteiger partial charge >= 0.3 is 0 Å². The third-order valence-corrected chi connectivity index (χ3v) is 4.05. The highest BCUT2D eigenvalue weighted by Crippen LogP contribution is 2.30. The van der Waals surface area contributed by atoms with Crippen LogP contribution in [0.1, 0.15) is 50.4 Å². The molecule has 1 unspecified atom stereocenters. The molecule has 1 aliphatic heterocycles. The van der Waals surface area contributed by atoms with Crippen LogP contribution in [0.15, 0.2) is 22.7 Å². The molecule has 2 heterocycles. The first-order valence-electron chi connectivity index (χ1n) is 7.80. The third kappa shape index (κ3) is 3.29. The van der Waals surface area contributed by atoms with E-state index >= 15 is 0 Å².